The molecular weight excluding hydrogens is 361 g/mol. The third-order valence-corrected chi connectivity index (χ3v) is 6.02. The van der Waals surface area contributed by atoms with Gasteiger partial charge in [-0.3, -0.25) is 0 Å². The first-order valence-corrected chi connectivity index (χ1v) is 8.07. The zero-order valence-electron chi connectivity index (χ0n) is 12.2. The molecule has 1 atom stereocenters. The zero-order chi connectivity index (χ0) is 14.7. The molecule has 1 saturated carbocycles. The van der Waals surface area contributed by atoms with E-state index in [2.05, 4.69) is 0 Å². The van der Waals surface area contributed by atoms with Crippen LogP contribution in [0, 0.1) is 0 Å². The molecule has 1 aliphatic rings. The van der Waals surface area contributed by atoms with Gasteiger partial charge in [-0.1, -0.05) is 26.8 Å². The van der Waals surface area contributed by atoms with Gasteiger partial charge in [-0.2, -0.15) is 0 Å². The minimum absolute atomic E-state index is 0. The van der Waals surface area contributed by atoms with E-state index in [0.29, 0.717) is 9.58 Å². The molecule has 1 heterocycles. The summed E-state index contributed by atoms with van der Waals surface area (Å²) in [5.74, 6) is 0.158. The van der Waals surface area contributed by atoms with Crippen molar-refractivity contribution in [3.63, 3.8) is 0 Å². The molecule has 1 aromatic carbocycles. The number of fused-ring (bicyclic) bond motifs is 1. The van der Waals surface area contributed by atoms with Gasteiger partial charge in [0.15, 0.2) is 9.58 Å². The SMILES string of the molecule is CC(C)(C)c1ccc2cc(C3CC3)[s+](C(F)(F)F)c2c1.[Br-]. The second-order valence-corrected chi connectivity index (χ2v) is 8.56. The maximum atomic E-state index is 13.5. The lowest BCUT2D eigenvalue weighted by atomic mass is 9.87. The van der Waals surface area contributed by atoms with Gasteiger partial charge in [0.1, 0.15) is 0 Å². The van der Waals surface area contributed by atoms with E-state index in [-0.39, 0.29) is 28.3 Å². The van der Waals surface area contributed by atoms with Crippen molar-refractivity contribution in [3.05, 3.63) is 34.7 Å². The van der Waals surface area contributed by atoms with Crippen molar-refractivity contribution in [1.82, 2.24) is 0 Å². The maximum Gasteiger partial charge on any atom is 0.600 e. The number of rotatable bonds is 1. The molecule has 0 N–H and O–H groups in total. The lowest BCUT2D eigenvalue weighted by molar-refractivity contribution is -0.0867. The number of thiophene rings is 1. The zero-order valence-corrected chi connectivity index (χ0v) is 14.6. The highest BCUT2D eigenvalue weighted by Crippen LogP contribution is 2.58. The van der Waals surface area contributed by atoms with E-state index < -0.39 is 16.0 Å². The summed E-state index contributed by atoms with van der Waals surface area (Å²) in [7, 11) is -1.71. The van der Waals surface area contributed by atoms with Crippen molar-refractivity contribution in [3.8, 4) is 0 Å². The van der Waals surface area contributed by atoms with Gasteiger partial charge in [0.25, 0.3) is 0 Å². The molecule has 116 valence electrons. The Balaban J connectivity index is 0.00000161. The van der Waals surface area contributed by atoms with Gasteiger partial charge >= 0.3 is 5.51 Å². The van der Waals surface area contributed by atoms with Gasteiger partial charge in [0.05, 0.1) is 10.5 Å². The van der Waals surface area contributed by atoms with Gasteiger partial charge in [-0.05, 0) is 29.9 Å². The van der Waals surface area contributed by atoms with Crippen LogP contribution in [0.1, 0.15) is 50.0 Å². The molecule has 21 heavy (non-hydrogen) atoms. The van der Waals surface area contributed by atoms with Crippen molar-refractivity contribution < 1.29 is 30.2 Å². The molecule has 0 bridgehead atoms. The molecule has 5 heteroatoms. The van der Waals surface area contributed by atoms with Crippen LogP contribution in [0.2, 0.25) is 0 Å². The summed E-state index contributed by atoms with van der Waals surface area (Å²) in [6, 6.07) is 7.38. The summed E-state index contributed by atoms with van der Waals surface area (Å²) in [5, 5.41) is 0.764. The van der Waals surface area contributed by atoms with Crippen LogP contribution in [0.15, 0.2) is 24.3 Å². The molecule has 3 rings (SSSR count). The minimum Gasteiger partial charge on any atom is -1.00 e. The number of halogens is 4. The Hall–Kier alpha value is -0.550. The minimum atomic E-state index is -4.16. The fourth-order valence-corrected chi connectivity index (χ4v) is 4.74. The topological polar surface area (TPSA) is 0 Å². The Labute approximate surface area is 136 Å². The third-order valence-electron chi connectivity index (χ3n) is 3.84. The van der Waals surface area contributed by atoms with Crippen LogP contribution in [0.5, 0.6) is 0 Å². The second kappa shape index (κ2) is 5.27. The molecule has 0 radical (unpaired) electrons. The van der Waals surface area contributed by atoms with Crippen LogP contribution in [-0.4, -0.2) is 0 Å². The summed E-state index contributed by atoms with van der Waals surface area (Å²) in [6.07, 6.45) is 1.82. The number of alkyl halides is 3. The molecular formula is C16H18BrF3S. The predicted octanol–water partition coefficient (Wildman–Crippen LogP) is 3.24. The van der Waals surface area contributed by atoms with Gasteiger partial charge in [0, 0.05) is 23.4 Å². The Morgan fingerprint density at radius 3 is 2.14 bits per heavy atom. The summed E-state index contributed by atoms with van der Waals surface area (Å²) < 4.78 is 40.9. The van der Waals surface area contributed by atoms with Crippen LogP contribution in [0.4, 0.5) is 13.2 Å². The molecule has 1 unspecified atom stereocenters. The third kappa shape index (κ3) is 3.14. The van der Waals surface area contributed by atoms with E-state index >= 15 is 0 Å². The van der Waals surface area contributed by atoms with Crippen molar-refractivity contribution in [2.75, 3.05) is 0 Å². The van der Waals surface area contributed by atoms with E-state index in [1.807, 2.05) is 32.9 Å². The molecule has 0 aliphatic heterocycles. The second-order valence-electron chi connectivity index (χ2n) is 6.58. The lowest BCUT2D eigenvalue weighted by Crippen LogP contribution is -3.00. The normalized spacial score (nSPS) is 17.0. The quantitative estimate of drug-likeness (QED) is 0.668. The molecule has 1 fully saturated rings. The maximum absolute atomic E-state index is 13.5. The summed E-state index contributed by atoms with van der Waals surface area (Å²) >= 11 is 0. The Morgan fingerprint density at radius 1 is 1.05 bits per heavy atom. The number of hydrogen-bond donors (Lipinski definition) is 0. The number of benzene rings is 1. The number of hydrogen-bond acceptors (Lipinski definition) is 0. The van der Waals surface area contributed by atoms with Gasteiger partial charge < -0.3 is 17.0 Å². The molecule has 0 saturated heterocycles. The van der Waals surface area contributed by atoms with Gasteiger partial charge in [-0.25, -0.2) is 0 Å². The first-order chi connectivity index (χ1) is 9.18. The van der Waals surface area contributed by atoms with E-state index in [4.69, 9.17) is 0 Å². The Kier molecular flexibility index (Phi) is 4.22. The van der Waals surface area contributed by atoms with Crippen molar-refractivity contribution in [2.24, 2.45) is 0 Å². The van der Waals surface area contributed by atoms with Crippen LogP contribution < -0.4 is 17.0 Å². The highest BCUT2D eigenvalue weighted by Gasteiger charge is 2.51. The van der Waals surface area contributed by atoms with E-state index in [9.17, 15) is 13.2 Å². The van der Waals surface area contributed by atoms with Crippen LogP contribution in [0.3, 0.4) is 0 Å². The summed E-state index contributed by atoms with van der Waals surface area (Å²) in [5.41, 5.74) is -3.31. The average molecular weight is 379 g/mol. The standard InChI is InChI=1S/C16H18F3S.BrH/c1-15(2,3)12-7-6-11-8-13(10-4-5-10)20(14(11)9-12)16(17,18)19;/h6-10H,4-5H2,1-3H3;1H/q+1;/p-1. The largest absolute Gasteiger partial charge is 1.00 e. The molecule has 1 aromatic heterocycles. The van der Waals surface area contributed by atoms with Gasteiger partial charge in [0.2, 0.25) is 0 Å². The monoisotopic (exact) mass is 378 g/mol. The highest BCUT2D eigenvalue weighted by molar-refractivity contribution is 7.38. The van der Waals surface area contributed by atoms with Crippen LogP contribution >= 0.6 is 10.5 Å². The fourth-order valence-electron chi connectivity index (χ4n) is 2.55. The van der Waals surface area contributed by atoms with Gasteiger partial charge in [-0.15, -0.1) is 13.2 Å². The molecule has 0 amide bonds. The van der Waals surface area contributed by atoms with Crippen LogP contribution in [-0.2, 0) is 10.9 Å². The van der Waals surface area contributed by atoms with Crippen LogP contribution in [0.25, 0.3) is 10.1 Å². The van der Waals surface area contributed by atoms with Crippen molar-refractivity contribution in [1.29, 1.82) is 0 Å². The van der Waals surface area contributed by atoms with E-state index in [0.717, 1.165) is 23.8 Å². The molecule has 0 spiro atoms. The van der Waals surface area contributed by atoms with E-state index in [1.54, 1.807) is 12.1 Å². The first kappa shape index (κ1) is 16.8. The summed E-state index contributed by atoms with van der Waals surface area (Å²) in [4.78, 5) is 0.610. The summed E-state index contributed by atoms with van der Waals surface area (Å²) in [6.45, 7) is 6.10. The fraction of sp³-hybridized carbons (Fsp3) is 0.500. The van der Waals surface area contributed by atoms with Crippen molar-refractivity contribution >= 4 is 20.6 Å². The highest BCUT2D eigenvalue weighted by atomic mass is 79.9. The molecule has 0 nitrogen and oxygen atoms in total. The molecule has 1 aliphatic carbocycles. The average Bonchev–Trinajstić information content (AvgIpc) is 3.05. The molecule has 2 aromatic rings. The lowest BCUT2D eigenvalue weighted by Gasteiger charge is -2.18. The van der Waals surface area contributed by atoms with Crippen molar-refractivity contribution in [2.45, 2.75) is 50.5 Å². The Bertz CT molecular complexity index is 660. The predicted molar refractivity (Wildman–Crippen MR) is 78.4 cm³/mol. The van der Waals surface area contributed by atoms with E-state index in [1.165, 1.54) is 0 Å². The Morgan fingerprint density at radius 2 is 1.67 bits per heavy atom. The smallest absolute Gasteiger partial charge is 0.600 e. The first-order valence-electron chi connectivity index (χ1n) is 6.85.